The van der Waals surface area contributed by atoms with Crippen molar-refractivity contribution < 1.29 is 4.74 Å². The van der Waals surface area contributed by atoms with E-state index in [0.717, 1.165) is 12.0 Å². The highest BCUT2D eigenvalue weighted by molar-refractivity contribution is 5.30. The molecule has 4 heteroatoms. The minimum atomic E-state index is -0.329. The zero-order valence-corrected chi connectivity index (χ0v) is 8.93. The van der Waals surface area contributed by atoms with Crippen LogP contribution in [-0.4, -0.2) is 9.97 Å². The Hall–Kier alpha value is -2.10. The van der Waals surface area contributed by atoms with Crippen molar-refractivity contribution in [3.05, 3.63) is 52.6 Å². The minimum Gasteiger partial charge on any atom is -0.435 e. The molecule has 0 aliphatic rings. The number of H-pyrrole nitrogens is 1. The molecule has 0 unspecified atom stereocenters. The third-order valence-corrected chi connectivity index (χ3v) is 2.20. The van der Waals surface area contributed by atoms with Crippen LogP contribution in [0.1, 0.15) is 12.5 Å². The molecule has 2 aromatic rings. The smallest absolute Gasteiger partial charge is 0.311 e. The average Bonchev–Trinajstić information content (AvgIpc) is 2.32. The van der Waals surface area contributed by atoms with Crippen molar-refractivity contribution in [2.75, 3.05) is 0 Å². The Kier molecular flexibility index (Phi) is 3.00. The van der Waals surface area contributed by atoms with Gasteiger partial charge < -0.3 is 9.72 Å². The number of hydrogen-bond acceptors (Lipinski definition) is 3. The van der Waals surface area contributed by atoms with Crippen LogP contribution in [0, 0.1) is 0 Å². The lowest BCUT2D eigenvalue weighted by molar-refractivity contribution is 0.453. The largest absolute Gasteiger partial charge is 0.435 e. The van der Waals surface area contributed by atoms with Crippen LogP contribution in [0.25, 0.3) is 0 Å². The van der Waals surface area contributed by atoms with Gasteiger partial charge in [0, 0.05) is 12.4 Å². The Bertz CT molecular complexity index is 534. The number of aromatic amines is 1. The molecule has 16 heavy (non-hydrogen) atoms. The number of benzene rings is 1. The number of aromatic nitrogens is 2. The van der Waals surface area contributed by atoms with E-state index >= 15 is 0 Å². The molecule has 0 fully saturated rings. The number of nitrogens with one attached hydrogen (secondary N) is 1. The lowest BCUT2D eigenvalue weighted by atomic mass is 10.2. The summed E-state index contributed by atoms with van der Waals surface area (Å²) >= 11 is 0. The molecule has 0 atom stereocenters. The third-order valence-electron chi connectivity index (χ3n) is 2.20. The molecule has 1 N–H and O–H groups in total. The van der Waals surface area contributed by atoms with Crippen LogP contribution in [-0.2, 0) is 6.42 Å². The summed E-state index contributed by atoms with van der Waals surface area (Å²) in [4.78, 5) is 17.7. The van der Waals surface area contributed by atoms with Crippen molar-refractivity contribution in [2.45, 2.75) is 13.3 Å². The molecule has 0 saturated carbocycles. The van der Waals surface area contributed by atoms with Crippen molar-refractivity contribution in [2.24, 2.45) is 0 Å². The Morgan fingerprint density at radius 1 is 1.44 bits per heavy atom. The van der Waals surface area contributed by atoms with Crippen LogP contribution < -0.4 is 10.3 Å². The van der Waals surface area contributed by atoms with E-state index < -0.39 is 0 Å². The maximum atomic E-state index is 11.3. The number of aryl methyl sites for hydroxylation is 1. The second-order valence-corrected chi connectivity index (χ2v) is 3.33. The van der Waals surface area contributed by atoms with Crippen LogP contribution in [0.5, 0.6) is 11.6 Å². The number of ether oxygens (including phenoxy) is 1. The van der Waals surface area contributed by atoms with Crippen molar-refractivity contribution in [3.8, 4) is 11.6 Å². The number of rotatable bonds is 3. The lowest BCUT2D eigenvalue weighted by Crippen LogP contribution is -2.09. The van der Waals surface area contributed by atoms with Gasteiger partial charge in [-0.3, -0.25) is 4.79 Å². The molecule has 0 spiro atoms. The summed E-state index contributed by atoms with van der Waals surface area (Å²) in [5.74, 6) is 0.694. The monoisotopic (exact) mass is 216 g/mol. The first-order valence-electron chi connectivity index (χ1n) is 5.10. The molecule has 0 aliphatic carbocycles. The van der Waals surface area contributed by atoms with E-state index in [4.69, 9.17) is 4.74 Å². The van der Waals surface area contributed by atoms with E-state index in [1.54, 1.807) is 6.07 Å². The highest BCUT2D eigenvalue weighted by atomic mass is 16.5. The van der Waals surface area contributed by atoms with Gasteiger partial charge in [-0.15, -0.1) is 0 Å². The highest BCUT2D eigenvalue weighted by Crippen LogP contribution is 2.17. The van der Waals surface area contributed by atoms with Crippen LogP contribution in [0.2, 0.25) is 0 Å². The standard InChI is InChI=1S/C12H12N2O2/c1-2-9-4-3-5-10(8-9)16-12-11(15)13-6-7-14-12/h3-8H,2H2,1H3,(H,13,15). The predicted octanol–water partition coefficient (Wildman–Crippen LogP) is 2.12. The number of hydrogen-bond donors (Lipinski definition) is 1. The van der Waals surface area contributed by atoms with Crippen LogP contribution in [0.3, 0.4) is 0 Å². The van der Waals surface area contributed by atoms with Gasteiger partial charge in [0.2, 0.25) is 0 Å². The van der Waals surface area contributed by atoms with Crippen molar-refractivity contribution in [1.82, 2.24) is 9.97 Å². The first kappa shape index (κ1) is 10.4. The zero-order valence-electron chi connectivity index (χ0n) is 8.93. The summed E-state index contributed by atoms with van der Waals surface area (Å²) in [6.45, 7) is 2.06. The van der Waals surface area contributed by atoms with Crippen molar-refractivity contribution in [1.29, 1.82) is 0 Å². The Balaban J connectivity index is 2.27. The Morgan fingerprint density at radius 3 is 3.06 bits per heavy atom. The number of nitrogens with zero attached hydrogens (tertiary/aromatic N) is 1. The molecule has 0 radical (unpaired) electrons. The molecule has 0 amide bonds. The predicted molar refractivity (Wildman–Crippen MR) is 60.8 cm³/mol. The van der Waals surface area contributed by atoms with Crippen LogP contribution in [0.15, 0.2) is 41.5 Å². The second kappa shape index (κ2) is 4.61. The molecular formula is C12H12N2O2. The maximum absolute atomic E-state index is 11.3. The molecular weight excluding hydrogens is 204 g/mol. The van der Waals surface area contributed by atoms with Crippen molar-refractivity contribution in [3.63, 3.8) is 0 Å². The molecule has 0 saturated heterocycles. The Labute approximate surface area is 92.9 Å². The van der Waals surface area contributed by atoms with E-state index in [1.807, 2.05) is 18.2 Å². The summed E-state index contributed by atoms with van der Waals surface area (Å²) in [5.41, 5.74) is 0.828. The summed E-state index contributed by atoms with van der Waals surface area (Å²) in [6.07, 6.45) is 3.88. The summed E-state index contributed by atoms with van der Waals surface area (Å²) in [6, 6.07) is 7.60. The van der Waals surface area contributed by atoms with Gasteiger partial charge in [0.15, 0.2) is 0 Å². The molecule has 4 nitrogen and oxygen atoms in total. The third kappa shape index (κ3) is 2.28. The van der Waals surface area contributed by atoms with E-state index in [0.29, 0.717) is 5.75 Å². The molecule has 1 heterocycles. The van der Waals surface area contributed by atoms with E-state index in [1.165, 1.54) is 12.4 Å². The fraction of sp³-hybridized carbons (Fsp3) is 0.167. The van der Waals surface area contributed by atoms with Gasteiger partial charge >= 0.3 is 5.56 Å². The van der Waals surface area contributed by atoms with Gasteiger partial charge in [0.25, 0.3) is 5.88 Å². The normalized spacial score (nSPS) is 10.1. The van der Waals surface area contributed by atoms with Crippen LogP contribution in [0.4, 0.5) is 0 Å². The lowest BCUT2D eigenvalue weighted by Gasteiger charge is -2.04. The topological polar surface area (TPSA) is 55.0 Å². The Morgan fingerprint density at radius 2 is 2.31 bits per heavy atom. The first-order chi connectivity index (χ1) is 7.79. The van der Waals surface area contributed by atoms with Crippen molar-refractivity contribution >= 4 is 0 Å². The van der Waals surface area contributed by atoms with E-state index in [2.05, 4.69) is 16.9 Å². The van der Waals surface area contributed by atoms with Gasteiger partial charge in [-0.2, -0.15) is 0 Å². The fourth-order valence-electron chi connectivity index (χ4n) is 1.35. The minimum absolute atomic E-state index is 0.0655. The van der Waals surface area contributed by atoms with Gasteiger partial charge in [-0.05, 0) is 24.1 Å². The quantitative estimate of drug-likeness (QED) is 0.855. The molecule has 82 valence electrons. The summed E-state index contributed by atoms with van der Waals surface area (Å²) in [7, 11) is 0. The maximum Gasteiger partial charge on any atom is 0.311 e. The van der Waals surface area contributed by atoms with Gasteiger partial charge in [0.1, 0.15) is 5.75 Å². The highest BCUT2D eigenvalue weighted by Gasteiger charge is 2.03. The second-order valence-electron chi connectivity index (χ2n) is 3.33. The fourth-order valence-corrected chi connectivity index (χ4v) is 1.35. The molecule has 2 rings (SSSR count). The molecule has 0 bridgehead atoms. The SMILES string of the molecule is CCc1cccc(Oc2ncc[nH]c2=O)c1. The zero-order chi connectivity index (χ0) is 11.4. The summed E-state index contributed by atoms with van der Waals surface area (Å²) in [5, 5.41) is 0. The average molecular weight is 216 g/mol. The molecule has 1 aromatic heterocycles. The van der Waals surface area contributed by atoms with Gasteiger partial charge in [-0.25, -0.2) is 4.98 Å². The van der Waals surface area contributed by atoms with Gasteiger partial charge in [-0.1, -0.05) is 19.1 Å². The first-order valence-corrected chi connectivity index (χ1v) is 5.10. The molecule has 0 aliphatic heterocycles. The van der Waals surface area contributed by atoms with Gasteiger partial charge in [0.05, 0.1) is 0 Å². The molecule has 1 aromatic carbocycles. The van der Waals surface area contributed by atoms with Crippen LogP contribution >= 0.6 is 0 Å². The van der Waals surface area contributed by atoms with E-state index in [9.17, 15) is 4.79 Å². The summed E-state index contributed by atoms with van der Waals surface area (Å²) < 4.78 is 5.40. The van der Waals surface area contributed by atoms with E-state index in [-0.39, 0.29) is 11.4 Å².